The molecule has 32 heavy (non-hydrogen) atoms. The Morgan fingerprint density at radius 1 is 1.03 bits per heavy atom. The molecular weight excluding hydrogens is 394 g/mol. The van der Waals surface area contributed by atoms with E-state index in [2.05, 4.69) is 53.8 Å². The molecule has 4 aliphatic rings. The Morgan fingerprint density at radius 3 is 2.59 bits per heavy atom. The van der Waals surface area contributed by atoms with Gasteiger partial charge in [-0.3, -0.25) is 15.2 Å². The zero-order valence-electron chi connectivity index (χ0n) is 19.5. The minimum Gasteiger partial charge on any atom is -0.285 e. The third-order valence-electron chi connectivity index (χ3n) is 7.89. The van der Waals surface area contributed by atoms with E-state index in [4.69, 9.17) is 4.99 Å². The lowest BCUT2D eigenvalue weighted by molar-refractivity contribution is -0.122. The summed E-state index contributed by atoms with van der Waals surface area (Å²) in [6, 6.07) is 8.91. The number of nitrogens with one attached hydrogen (secondary N) is 1. The summed E-state index contributed by atoms with van der Waals surface area (Å²) >= 11 is 0. The number of fused-ring (bicyclic) bond motifs is 2. The van der Waals surface area contributed by atoms with Crippen LogP contribution < -0.4 is 5.43 Å². The van der Waals surface area contributed by atoms with E-state index in [0.29, 0.717) is 18.3 Å². The minimum atomic E-state index is 0.0731. The number of nitrogens with zero attached hydrogens (tertiary/aromatic N) is 2. The maximum atomic E-state index is 13.1. The molecule has 0 bridgehead atoms. The highest BCUT2D eigenvalue weighted by molar-refractivity contribution is 6.04. The molecule has 4 heteroatoms. The van der Waals surface area contributed by atoms with Gasteiger partial charge in [0.15, 0.2) is 0 Å². The topological polar surface area (TPSA) is 44.7 Å². The molecule has 1 N–H and O–H groups in total. The van der Waals surface area contributed by atoms with Crippen molar-refractivity contribution in [3.63, 3.8) is 0 Å². The van der Waals surface area contributed by atoms with Crippen molar-refractivity contribution in [2.45, 2.75) is 71.1 Å². The van der Waals surface area contributed by atoms with Crippen LogP contribution in [0.1, 0.15) is 75.8 Å². The average Bonchev–Trinajstić information content (AvgIpc) is 3.09. The molecule has 0 radical (unpaired) electrons. The van der Waals surface area contributed by atoms with Crippen molar-refractivity contribution in [3.8, 4) is 0 Å². The molecule has 170 valence electrons. The standard InChI is InChI=1S/C28H37N3O/c1-20-18-23(28(32)30-31-16-8-3-9-17-31)14-15-26-25(20)19-22-12-6-7-13-24(22)27(29-26)21-10-4-2-5-11-21/h6-7,12-13,15,18,20-21,25H,2-5,8-11,14,16-17,19H2,1H3,(H,30,32). The predicted molar refractivity (Wildman–Crippen MR) is 130 cm³/mol. The molecule has 1 aromatic rings. The fourth-order valence-electron chi connectivity index (χ4n) is 6.02. The fourth-order valence-corrected chi connectivity index (χ4v) is 6.02. The van der Waals surface area contributed by atoms with Crippen LogP contribution in [0.2, 0.25) is 0 Å². The van der Waals surface area contributed by atoms with Crippen molar-refractivity contribution >= 4 is 11.6 Å². The van der Waals surface area contributed by atoms with Gasteiger partial charge in [0.2, 0.25) is 0 Å². The molecule has 1 saturated heterocycles. The van der Waals surface area contributed by atoms with E-state index in [1.807, 2.05) is 0 Å². The second-order valence-corrected chi connectivity index (χ2v) is 10.2. The Labute approximate surface area is 192 Å². The maximum Gasteiger partial charge on any atom is 0.261 e. The van der Waals surface area contributed by atoms with Gasteiger partial charge in [0.05, 0.1) is 5.71 Å². The first-order valence-corrected chi connectivity index (χ1v) is 12.8. The van der Waals surface area contributed by atoms with Crippen LogP contribution in [0.5, 0.6) is 0 Å². The number of hydrogen-bond acceptors (Lipinski definition) is 3. The number of allylic oxidation sites excluding steroid dienone is 3. The van der Waals surface area contributed by atoms with Gasteiger partial charge in [-0.25, -0.2) is 5.01 Å². The summed E-state index contributed by atoms with van der Waals surface area (Å²) in [6.45, 7) is 4.19. The van der Waals surface area contributed by atoms with Crippen molar-refractivity contribution in [3.05, 3.63) is 58.8 Å². The normalized spacial score (nSPS) is 27.1. The van der Waals surface area contributed by atoms with Gasteiger partial charge in [-0.15, -0.1) is 0 Å². The van der Waals surface area contributed by atoms with Gasteiger partial charge in [-0.05, 0) is 55.6 Å². The highest BCUT2D eigenvalue weighted by atomic mass is 16.2. The lowest BCUT2D eigenvalue weighted by Crippen LogP contribution is -2.45. The molecule has 1 aromatic carbocycles. The van der Waals surface area contributed by atoms with Gasteiger partial charge in [-0.2, -0.15) is 0 Å². The fraction of sp³-hybridized carbons (Fsp3) is 0.571. The van der Waals surface area contributed by atoms with Gasteiger partial charge in [0.25, 0.3) is 5.91 Å². The molecule has 2 atom stereocenters. The first-order chi connectivity index (χ1) is 15.7. The summed E-state index contributed by atoms with van der Waals surface area (Å²) in [4.78, 5) is 18.4. The average molecular weight is 432 g/mol. The monoisotopic (exact) mass is 431 g/mol. The highest BCUT2D eigenvalue weighted by Gasteiger charge is 2.32. The molecule has 2 heterocycles. The van der Waals surface area contributed by atoms with Crippen molar-refractivity contribution in [1.29, 1.82) is 0 Å². The Balaban J connectivity index is 1.43. The smallest absolute Gasteiger partial charge is 0.261 e. The molecule has 2 aliphatic heterocycles. The number of hydrazine groups is 1. The number of amides is 1. The summed E-state index contributed by atoms with van der Waals surface area (Å²) < 4.78 is 0. The molecule has 4 nitrogen and oxygen atoms in total. The molecule has 0 aromatic heterocycles. The number of benzene rings is 1. The van der Waals surface area contributed by atoms with Gasteiger partial charge < -0.3 is 0 Å². The van der Waals surface area contributed by atoms with E-state index in [1.165, 1.54) is 73.9 Å². The lowest BCUT2D eigenvalue weighted by Gasteiger charge is -2.27. The van der Waals surface area contributed by atoms with Gasteiger partial charge in [-0.1, -0.05) is 69.0 Å². The van der Waals surface area contributed by atoms with E-state index in [-0.39, 0.29) is 11.8 Å². The quantitative estimate of drug-likeness (QED) is 0.677. The Morgan fingerprint density at radius 2 is 1.78 bits per heavy atom. The second kappa shape index (κ2) is 9.74. The van der Waals surface area contributed by atoms with E-state index in [1.54, 1.807) is 0 Å². The summed E-state index contributed by atoms with van der Waals surface area (Å²) in [7, 11) is 0. The van der Waals surface area contributed by atoms with E-state index in [0.717, 1.165) is 25.1 Å². The number of hydrogen-bond donors (Lipinski definition) is 1. The molecule has 0 spiro atoms. The van der Waals surface area contributed by atoms with Crippen LogP contribution in [0.4, 0.5) is 0 Å². The Kier molecular flexibility index (Phi) is 6.59. The third-order valence-corrected chi connectivity index (χ3v) is 7.89. The third kappa shape index (κ3) is 4.61. The Bertz CT molecular complexity index is 932. The first-order valence-electron chi connectivity index (χ1n) is 12.8. The van der Waals surface area contributed by atoms with Crippen LogP contribution in [0, 0.1) is 17.8 Å². The number of carbonyl (C=O) groups is 1. The lowest BCUT2D eigenvalue weighted by atomic mass is 9.81. The largest absolute Gasteiger partial charge is 0.285 e. The van der Waals surface area contributed by atoms with Crippen molar-refractivity contribution in [1.82, 2.24) is 10.4 Å². The Hall–Kier alpha value is -2.20. The SMILES string of the molecule is CC1C=C(C(=O)NN2CCCCC2)CC=C2N=C(C3CCCCC3)c3ccccc3CC21. The van der Waals surface area contributed by atoms with Gasteiger partial charge in [0.1, 0.15) is 0 Å². The zero-order valence-corrected chi connectivity index (χ0v) is 19.5. The van der Waals surface area contributed by atoms with Crippen LogP contribution in [-0.4, -0.2) is 29.7 Å². The summed E-state index contributed by atoms with van der Waals surface area (Å²) in [5, 5.41) is 2.10. The number of rotatable bonds is 3. The molecular formula is C28H37N3O. The highest BCUT2D eigenvalue weighted by Crippen LogP contribution is 2.38. The van der Waals surface area contributed by atoms with Gasteiger partial charge in [0, 0.05) is 36.2 Å². The van der Waals surface area contributed by atoms with Crippen molar-refractivity contribution in [2.75, 3.05) is 13.1 Å². The summed E-state index contributed by atoms with van der Waals surface area (Å²) in [5.41, 5.74) is 9.36. The maximum absolute atomic E-state index is 13.1. The van der Waals surface area contributed by atoms with Crippen LogP contribution in [-0.2, 0) is 11.2 Å². The molecule has 2 unspecified atom stereocenters. The summed E-state index contributed by atoms with van der Waals surface area (Å²) in [6.07, 6.45) is 16.2. The molecule has 2 aliphatic carbocycles. The molecule has 5 rings (SSSR count). The number of piperidine rings is 1. The van der Waals surface area contributed by atoms with Crippen molar-refractivity contribution in [2.24, 2.45) is 22.7 Å². The molecule has 1 saturated carbocycles. The van der Waals surface area contributed by atoms with E-state index < -0.39 is 0 Å². The zero-order chi connectivity index (χ0) is 21.9. The first kappa shape index (κ1) is 21.6. The van der Waals surface area contributed by atoms with Crippen LogP contribution in [0.25, 0.3) is 0 Å². The van der Waals surface area contributed by atoms with E-state index >= 15 is 0 Å². The van der Waals surface area contributed by atoms with Crippen LogP contribution in [0.15, 0.2) is 52.7 Å². The van der Waals surface area contributed by atoms with Crippen LogP contribution in [0.3, 0.4) is 0 Å². The summed E-state index contributed by atoms with van der Waals surface area (Å²) in [5.74, 6) is 1.26. The van der Waals surface area contributed by atoms with Crippen molar-refractivity contribution < 1.29 is 4.79 Å². The minimum absolute atomic E-state index is 0.0731. The number of aliphatic imine (C=N–C) groups is 1. The molecule has 2 fully saturated rings. The second-order valence-electron chi connectivity index (χ2n) is 10.2. The van der Waals surface area contributed by atoms with E-state index in [9.17, 15) is 4.79 Å². The predicted octanol–water partition coefficient (Wildman–Crippen LogP) is 5.60. The van der Waals surface area contributed by atoms with Crippen LogP contribution >= 0.6 is 0 Å². The molecule has 1 amide bonds. The van der Waals surface area contributed by atoms with Gasteiger partial charge >= 0.3 is 0 Å². The number of carbonyl (C=O) groups excluding carboxylic acids is 1.